The Hall–Kier alpha value is -2.52. The fourth-order valence-corrected chi connectivity index (χ4v) is 5.50. The Morgan fingerprint density at radius 3 is 3.04 bits per heavy atom. The number of thiophene rings is 1. The van der Waals surface area contributed by atoms with Gasteiger partial charge in [0, 0.05) is 16.6 Å². The van der Waals surface area contributed by atoms with Gasteiger partial charge >= 0.3 is 0 Å². The van der Waals surface area contributed by atoms with Gasteiger partial charge in [0.25, 0.3) is 5.56 Å². The number of carbonyl (C=O) groups excluding carboxylic acids is 1. The number of nitrogens with zero attached hydrogens (tertiary/aromatic N) is 1. The molecular weight excluding hydrogens is 398 g/mol. The van der Waals surface area contributed by atoms with Crippen LogP contribution >= 0.6 is 23.1 Å². The number of hydrogen-bond acceptors (Lipinski definition) is 7. The minimum Gasteiger partial charge on any atom is -0.454 e. The van der Waals surface area contributed by atoms with E-state index in [9.17, 15) is 9.59 Å². The molecule has 9 heteroatoms. The molecule has 2 N–H and O–H groups in total. The number of hydrogen-bond donors (Lipinski definition) is 2. The van der Waals surface area contributed by atoms with Crippen LogP contribution in [0.4, 0.5) is 5.69 Å². The van der Waals surface area contributed by atoms with Crippen LogP contribution in [-0.4, -0.2) is 28.4 Å². The molecular formula is C19H17N3O4S2. The van der Waals surface area contributed by atoms with E-state index >= 15 is 0 Å². The van der Waals surface area contributed by atoms with Gasteiger partial charge < -0.3 is 19.8 Å². The molecule has 0 bridgehead atoms. The smallest absolute Gasteiger partial charge is 0.260 e. The van der Waals surface area contributed by atoms with Crippen molar-refractivity contribution < 1.29 is 14.3 Å². The van der Waals surface area contributed by atoms with E-state index in [0.717, 1.165) is 35.0 Å². The van der Waals surface area contributed by atoms with Gasteiger partial charge in [-0.15, -0.1) is 11.3 Å². The minimum atomic E-state index is -0.183. The Kier molecular flexibility index (Phi) is 4.48. The van der Waals surface area contributed by atoms with Crippen molar-refractivity contribution in [1.82, 2.24) is 9.97 Å². The molecule has 7 nitrogen and oxygen atoms in total. The summed E-state index contributed by atoms with van der Waals surface area (Å²) in [4.78, 5) is 34.3. The number of amides is 1. The maximum atomic E-state index is 12.5. The monoisotopic (exact) mass is 415 g/mol. The van der Waals surface area contributed by atoms with E-state index in [4.69, 9.17) is 9.47 Å². The lowest BCUT2D eigenvalue weighted by Gasteiger charge is -2.09. The number of H-pyrrole nitrogens is 1. The zero-order valence-electron chi connectivity index (χ0n) is 14.9. The molecule has 0 unspecified atom stereocenters. The highest BCUT2D eigenvalue weighted by molar-refractivity contribution is 7.99. The first kappa shape index (κ1) is 17.6. The van der Waals surface area contributed by atoms with Crippen molar-refractivity contribution in [3.8, 4) is 11.5 Å². The number of aromatic amines is 1. The number of benzene rings is 1. The number of ether oxygens (including phenoxy) is 2. The molecule has 0 saturated carbocycles. The number of thioether (sulfide) groups is 1. The van der Waals surface area contributed by atoms with Crippen LogP contribution in [-0.2, 0) is 17.6 Å². The second-order valence-electron chi connectivity index (χ2n) is 6.67. The van der Waals surface area contributed by atoms with Crippen LogP contribution < -0.4 is 20.3 Å². The molecule has 28 heavy (non-hydrogen) atoms. The molecule has 0 saturated heterocycles. The number of nitrogens with one attached hydrogen (secondary N) is 2. The van der Waals surface area contributed by atoms with Gasteiger partial charge in [0.15, 0.2) is 16.7 Å². The lowest BCUT2D eigenvalue weighted by atomic mass is 9.97. The summed E-state index contributed by atoms with van der Waals surface area (Å²) in [6, 6.07) is 5.25. The standard InChI is InChI=1S/C19H17N3O4S2/c23-15(20-10-5-6-12-13(7-10)26-9-25-12)8-27-19-21-17(24)16-11-3-1-2-4-14(11)28-18(16)22-19/h5-7H,1-4,8-9H2,(H,20,23)(H,21,22,24). The van der Waals surface area contributed by atoms with Crippen molar-refractivity contribution in [1.29, 1.82) is 0 Å². The first-order valence-corrected chi connectivity index (χ1v) is 10.8. The predicted octanol–water partition coefficient (Wildman–Crippen LogP) is 3.32. The molecule has 1 aromatic carbocycles. The summed E-state index contributed by atoms with van der Waals surface area (Å²) in [7, 11) is 0. The van der Waals surface area contributed by atoms with Gasteiger partial charge in [0.1, 0.15) is 4.83 Å². The van der Waals surface area contributed by atoms with Crippen LogP contribution in [0.5, 0.6) is 11.5 Å². The Labute approximate surface area is 168 Å². The number of anilines is 1. The van der Waals surface area contributed by atoms with Crippen LogP contribution in [0, 0.1) is 0 Å². The fraction of sp³-hybridized carbons (Fsp3) is 0.316. The maximum absolute atomic E-state index is 12.5. The highest BCUT2D eigenvalue weighted by Crippen LogP contribution is 2.35. The molecule has 0 atom stereocenters. The molecule has 0 spiro atoms. The van der Waals surface area contributed by atoms with Crippen molar-refractivity contribution in [3.05, 3.63) is 39.0 Å². The summed E-state index contributed by atoms with van der Waals surface area (Å²) in [5, 5.41) is 4.02. The van der Waals surface area contributed by atoms with Gasteiger partial charge in [-0.1, -0.05) is 11.8 Å². The lowest BCUT2D eigenvalue weighted by molar-refractivity contribution is -0.113. The van der Waals surface area contributed by atoms with Gasteiger partial charge in [0.05, 0.1) is 11.1 Å². The Morgan fingerprint density at radius 2 is 2.11 bits per heavy atom. The highest BCUT2D eigenvalue weighted by atomic mass is 32.2. The predicted molar refractivity (Wildman–Crippen MR) is 109 cm³/mol. The average molecular weight is 415 g/mol. The largest absolute Gasteiger partial charge is 0.454 e. The summed E-state index contributed by atoms with van der Waals surface area (Å²) < 4.78 is 10.6. The number of rotatable bonds is 4. The van der Waals surface area contributed by atoms with Crippen molar-refractivity contribution in [2.75, 3.05) is 17.9 Å². The van der Waals surface area contributed by atoms with E-state index in [-0.39, 0.29) is 24.0 Å². The summed E-state index contributed by atoms with van der Waals surface area (Å²) in [6.07, 6.45) is 4.26. The molecule has 0 fully saturated rings. The summed E-state index contributed by atoms with van der Waals surface area (Å²) in [5.74, 6) is 1.25. The first-order valence-electron chi connectivity index (χ1n) is 9.04. The van der Waals surface area contributed by atoms with Crippen molar-refractivity contribution in [3.63, 3.8) is 0 Å². The molecule has 0 radical (unpaired) electrons. The summed E-state index contributed by atoms with van der Waals surface area (Å²) in [5.41, 5.74) is 1.69. The Balaban J connectivity index is 1.29. The fourth-order valence-electron chi connectivity index (χ4n) is 3.52. The molecule has 2 aliphatic rings. The van der Waals surface area contributed by atoms with Crippen LogP contribution in [0.15, 0.2) is 28.2 Å². The van der Waals surface area contributed by atoms with Crippen LogP contribution in [0.3, 0.4) is 0 Å². The normalized spacial score (nSPS) is 14.9. The van der Waals surface area contributed by atoms with E-state index in [1.54, 1.807) is 29.5 Å². The van der Waals surface area contributed by atoms with Gasteiger partial charge in [-0.3, -0.25) is 9.59 Å². The lowest BCUT2D eigenvalue weighted by Crippen LogP contribution is -2.15. The quantitative estimate of drug-likeness (QED) is 0.502. The van der Waals surface area contributed by atoms with Gasteiger partial charge in [-0.05, 0) is 43.4 Å². The van der Waals surface area contributed by atoms with E-state index in [0.29, 0.717) is 22.3 Å². The Bertz CT molecular complexity index is 1140. The zero-order valence-corrected chi connectivity index (χ0v) is 16.5. The SMILES string of the molecule is O=C(CSc1nc2sc3c(c2c(=O)[nH]1)CCCC3)Nc1ccc2c(c1)OCO2. The summed E-state index contributed by atoms with van der Waals surface area (Å²) in [6.45, 7) is 0.191. The molecule has 3 aromatic rings. The Morgan fingerprint density at radius 1 is 1.25 bits per heavy atom. The second-order valence-corrected chi connectivity index (χ2v) is 8.71. The molecule has 5 rings (SSSR count). The second kappa shape index (κ2) is 7.14. The molecule has 3 heterocycles. The molecule has 144 valence electrons. The topological polar surface area (TPSA) is 93.3 Å². The van der Waals surface area contributed by atoms with Crippen LogP contribution in [0.1, 0.15) is 23.3 Å². The minimum absolute atomic E-state index is 0.108. The first-order chi connectivity index (χ1) is 13.7. The summed E-state index contributed by atoms with van der Waals surface area (Å²) >= 11 is 2.83. The van der Waals surface area contributed by atoms with Crippen molar-refractivity contribution in [2.45, 2.75) is 30.8 Å². The van der Waals surface area contributed by atoms with E-state index < -0.39 is 0 Å². The van der Waals surface area contributed by atoms with E-state index in [1.165, 1.54) is 23.1 Å². The molecule has 2 aromatic heterocycles. The number of fused-ring (bicyclic) bond motifs is 4. The van der Waals surface area contributed by atoms with Crippen LogP contribution in [0.2, 0.25) is 0 Å². The number of aryl methyl sites for hydroxylation is 2. The zero-order chi connectivity index (χ0) is 19.1. The van der Waals surface area contributed by atoms with Crippen molar-refractivity contribution in [2.24, 2.45) is 0 Å². The molecule has 1 aliphatic heterocycles. The molecule has 1 aliphatic carbocycles. The molecule has 1 amide bonds. The third-order valence-electron chi connectivity index (χ3n) is 4.80. The van der Waals surface area contributed by atoms with Crippen LogP contribution in [0.25, 0.3) is 10.2 Å². The number of carbonyl (C=O) groups is 1. The van der Waals surface area contributed by atoms with Crippen molar-refractivity contribution >= 4 is 44.9 Å². The highest BCUT2D eigenvalue weighted by Gasteiger charge is 2.20. The average Bonchev–Trinajstić information content (AvgIpc) is 3.30. The number of aromatic nitrogens is 2. The van der Waals surface area contributed by atoms with E-state index in [2.05, 4.69) is 15.3 Å². The van der Waals surface area contributed by atoms with Gasteiger partial charge in [0.2, 0.25) is 12.7 Å². The maximum Gasteiger partial charge on any atom is 0.260 e. The van der Waals surface area contributed by atoms with Gasteiger partial charge in [-0.2, -0.15) is 0 Å². The third kappa shape index (κ3) is 3.24. The van der Waals surface area contributed by atoms with E-state index in [1.807, 2.05) is 0 Å². The van der Waals surface area contributed by atoms with Gasteiger partial charge in [-0.25, -0.2) is 4.98 Å². The third-order valence-corrected chi connectivity index (χ3v) is 6.86.